The van der Waals surface area contributed by atoms with Crippen molar-refractivity contribution in [2.75, 3.05) is 6.61 Å². The first-order chi connectivity index (χ1) is 9.04. The van der Waals surface area contributed by atoms with Gasteiger partial charge in [-0.05, 0) is 19.1 Å². The summed E-state index contributed by atoms with van der Waals surface area (Å²) in [6, 6.07) is 3.46. The molecule has 0 fully saturated rings. The lowest BCUT2D eigenvalue weighted by molar-refractivity contribution is -0.141. The number of benzene rings is 1. The zero-order valence-electron chi connectivity index (χ0n) is 10.1. The molecule has 0 aromatic heterocycles. The number of alkyl halides is 2. The quantitative estimate of drug-likeness (QED) is 0.624. The van der Waals surface area contributed by atoms with Gasteiger partial charge in [0.1, 0.15) is 23.6 Å². The van der Waals surface area contributed by atoms with Crippen LogP contribution in [0.5, 0.6) is 5.75 Å². The Morgan fingerprint density at radius 2 is 2.16 bits per heavy atom. The molecular formula is C13H11F3O3. The van der Waals surface area contributed by atoms with Crippen LogP contribution in [0.3, 0.4) is 0 Å². The summed E-state index contributed by atoms with van der Waals surface area (Å²) in [7, 11) is 0. The predicted octanol–water partition coefficient (Wildman–Crippen LogP) is 2.73. The van der Waals surface area contributed by atoms with Crippen LogP contribution in [-0.4, -0.2) is 19.2 Å². The molecule has 1 rings (SSSR count). The summed E-state index contributed by atoms with van der Waals surface area (Å²) in [5.41, 5.74) is -0.313. The molecular weight excluding hydrogens is 261 g/mol. The van der Waals surface area contributed by atoms with Crippen LogP contribution in [0.4, 0.5) is 13.2 Å². The van der Waals surface area contributed by atoms with Gasteiger partial charge < -0.3 is 9.47 Å². The molecule has 0 atom stereocenters. The Hall–Kier alpha value is -2.16. The van der Waals surface area contributed by atoms with Gasteiger partial charge in [-0.3, -0.25) is 4.79 Å². The minimum atomic E-state index is -3.08. The largest absolute Gasteiger partial charge is 0.465 e. The van der Waals surface area contributed by atoms with E-state index in [2.05, 4.69) is 21.3 Å². The molecule has 0 aliphatic carbocycles. The van der Waals surface area contributed by atoms with Gasteiger partial charge in [0.15, 0.2) is 0 Å². The summed E-state index contributed by atoms with van der Waals surface area (Å²) in [4.78, 5) is 11.0. The summed E-state index contributed by atoms with van der Waals surface area (Å²) < 4.78 is 46.4. The molecule has 0 saturated heterocycles. The van der Waals surface area contributed by atoms with E-state index in [0.717, 1.165) is 6.07 Å². The van der Waals surface area contributed by atoms with E-state index in [4.69, 9.17) is 0 Å². The van der Waals surface area contributed by atoms with Crippen molar-refractivity contribution < 1.29 is 27.4 Å². The Morgan fingerprint density at radius 1 is 1.42 bits per heavy atom. The fourth-order valence-corrected chi connectivity index (χ4v) is 1.24. The zero-order chi connectivity index (χ0) is 14.3. The minimum absolute atomic E-state index is 0.208. The maximum Gasteiger partial charge on any atom is 0.387 e. The van der Waals surface area contributed by atoms with Crippen molar-refractivity contribution in [2.45, 2.75) is 20.0 Å². The maximum atomic E-state index is 13.4. The lowest BCUT2D eigenvalue weighted by atomic mass is 10.2. The van der Waals surface area contributed by atoms with Crippen molar-refractivity contribution >= 4 is 5.97 Å². The number of esters is 1. The van der Waals surface area contributed by atoms with E-state index in [1.807, 2.05) is 0 Å². The SMILES string of the molecule is CCOC(=O)CC#Cc1c(F)cccc1OC(F)F. The molecule has 6 heteroatoms. The summed E-state index contributed by atoms with van der Waals surface area (Å²) in [6.45, 7) is -1.23. The van der Waals surface area contributed by atoms with Crippen LogP contribution in [-0.2, 0) is 9.53 Å². The number of rotatable bonds is 4. The third-order valence-electron chi connectivity index (χ3n) is 1.94. The molecule has 0 radical (unpaired) electrons. The van der Waals surface area contributed by atoms with Crippen molar-refractivity contribution in [3.05, 3.63) is 29.6 Å². The zero-order valence-corrected chi connectivity index (χ0v) is 10.1. The number of hydrogen-bond acceptors (Lipinski definition) is 3. The van der Waals surface area contributed by atoms with Gasteiger partial charge >= 0.3 is 12.6 Å². The van der Waals surface area contributed by atoms with Crippen LogP contribution in [0.15, 0.2) is 18.2 Å². The van der Waals surface area contributed by atoms with E-state index in [9.17, 15) is 18.0 Å². The van der Waals surface area contributed by atoms with Crippen LogP contribution >= 0.6 is 0 Å². The number of halogens is 3. The molecule has 0 aliphatic heterocycles. The van der Waals surface area contributed by atoms with Crippen molar-refractivity contribution in [1.29, 1.82) is 0 Å². The van der Waals surface area contributed by atoms with Gasteiger partial charge in [0.05, 0.1) is 6.61 Å². The van der Waals surface area contributed by atoms with Gasteiger partial charge in [-0.25, -0.2) is 4.39 Å². The predicted molar refractivity (Wildman–Crippen MR) is 61.2 cm³/mol. The second-order valence-corrected chi connectivity index (χ2v) is 3.28. The van der Waals surface area contributed by atoms with Crippen LogP contribution < -0.4 is 4.74 Å². The summed E-state index contributed by atoms with van der Waals surface area (Å²) in [5.74, 6) is 2.91. The Morgan fingerprint density at radius 3 is 2.79 bits per heavy atom. The highest BCUT2D eigenvalue weighted by Crippen LogP contribution is 2.22. The highest BCUT2D eigenvalue weighted by atomic mass is 19.3. The second kappa shape index (κ2) is 7.31. The highest BCUT2D eigenvalue weighted by molar-refractivity contribution is 5.72. The Balaban J connectivity index is 2.87. The first-order valence-electron chi connectivity index (χ1n) is 5.42. The van der Waals surface area contributed by atoms with Gasteiger partial charge in [0.25, 0.3) is 0 Å². The molecule has 1 aromatic carbocycles. The maximum absolute atomic E-state index is 13.4. The second-order valence-electron chi connectivity index (χ2n) is 3.28. The van der Waals surface area contributed by atoms with E-state index >= 15 is 0 Å². The van der Waals surface area contributed by atoms with Crippen LogP contribution in [0.2, 0.25) is 0 Å². The first-order valence-corrected chi connectivity index (χ1v) is 5.42. The number of hydrogen-bond donors (Lipinski definition) is 0. The third kappa shape index (κ3) is 4.92. The van der Waals surface area contributed by atoms with E-state index in [1.54, 1.807) is 6.92 Å². The van der Waals surface area contributed by atoms with Gasteiger partial charge in [-0.2, -0.15) is 8.78 Å². The monoisotopic (exact) mass is 272 g/mol. The molecule has 0 amide bonds. The molecule has 0 unspecified atom stereocenters. The van der Waals surface area contributed by atoms with E-state index in [1.165, 1.54) is 12.1 Å². The standard InChI is InChI=1S/C13H11F3O3/c1-2-18-12(17)8-3-5-9-10(14)6-4-7-11(9)19-13(15)16/h4,6-7,13H,2,8H2,1H3. The smallest absolute Gasteiger partial charge is 0.387 e. The Kier molecular flexibility index (Phi) is 5.73. The van der Waals surface area contributed by atoms with E-state index < -0.39 is 18.4 Å². The average molecular weight is 272 g/mol. The molecule has 102 valence electrons. The third-order valence-corrected chi connectivity index (χ3v) is 1.94. The summed E-state index contributed by atoms with van der Waals surface area (Å²) >= 11 is 0. The van der Waals surface area contributed by atoms with E-state index in [-0.39, 0.29) is 24.3 Å². The summed E-state index contributed by atoms with van der Waals surface area (Å²) in [6.07, 6.45) is -0.254. The minimum Gasteiger partial charge on any atom is -0.465 e. The van der Waals surface area contributed by atoms with Gasteiger partial charge in [0, 0.05) is 0 Å². The molecule has 0 bridgehead atoms. The van der Waals surface area contributed by atoms with Gasteiger partial charge in [0.2, 0.25) is 0 Å². The molecule has 0 saturated carbocycles. The normalized spacial score (nSPS) is 9.74. The van der Waals surface area contributed by atoms with Crippen molar-refractivity contribution in [2.24, 2.45) is 0 Å². The average Bonchev–Trinajstić information content (AvgIpc) is 2.32. The molecule has 0 N–H and O–H groups in total. The molecule has 19 heavy (non-hydrogen) atoms. The molecule has 0 spiro atoms. The molecule has 1 aromatic rings. The van der Waals surface area contributed by atoms with Gasteiger partial charge in [-0.1, -0.05) is 17.9 Å². The van der Waals surface area contributed by atoms with E-state index in [0.29, 0.717) is 0 Å². The number of ether oxygens (including phenoxy) is 2. The first kappa shape index (κ1) is 14.9. The van der Waals surface area contributed by atoms with Crippen LogP contribution in [0.25, 0.3) is 0 Å². The lowest BCUT2D eigenvalue weighted by Crippen LogP contribution is -2.04. The number of carbonyl (C=O) groups is 1. The van der Waals surface area contributed by atoms with Crippen molar-refractivity contribution in [3.8, 4) is 17.6 Å². The topological polar surface area (TPSA) is 35.5 Å². The highest BCUT2D eigenvalue weighted by Gasteiger charge is 2.11. The van der Waals surface area contributed by atoms with Crippen molar-refractivity contribution in [3.63, 3.8) is 0 Å². The fraction of sp³-hybridized carbons (Fsp3) is 0.308. The fourth-order valence-electron chi connectivity index (χ4n) is 1.24. The number of carbonyl (C=O) groups excluding carboxylic acids is 1. The Labute approximate surface area is 108 Å². The Bertz CT molecular complexity index is 504. The summed E-state index contributed by atoms with van der Waals surface area (Å²) in [5, 5.41) is 0. The van der Waals surface area contributed by atoms with Crippen LogP contribution in [0.1, 0.15) is 18.9 Å². The van der Waals surface area contributed by atoms with Crippen molar-refractivity contribution in [1.82, 2.24) is 0 Å². The van der Waals surface area contributed by atoms with Crippen LogP contribution in [0, 0.1) is 17.7 Å². The lowest BCUT2D eigenvalue weighted by Gasteiger charge is -2.06. The molecule has 0 heterocycles. The molecule has 3 nitrogen and oxygen atoms in total. The molecule has 0 aliphatic rings. The van der Waals surface area contributed by atoms with Gasteiger partial charge in [-0.15, -0.1) is 0 Å².